The minimum Gasteiger partial charge on any atom is -0.465 e. The summed E-state index contributed by atoms with van der Waals surface area (Å²) in [5.41, 5.74) is -0.309. The number of carbonyl (C=O) groups is 1. The molecule has 1 aromatic heterocycles. The zero-order chi connectivity index (χ0) is 12.5. The van der Waals surface area contributed by atoms with E-state index >= 15 is 0 Å². The molecule has 1 amide bonds. The second-order valence-electron chi connectivity index (χ2n) is 5.33. The summed E-state index contributed by atoms with van der Waals surface area (Å²) in [7, 11) is 0. The molecular weight excluding hydrogens is 236 g/mol. The zero-order valence-corrected chi connectivity index (χ0v) is 11.3. The molecule has 1 aromatic rings. The van der Waals surface area contributed by atoms with Gasteiger partial charge in [0.15, 0.2) is 0 Å². The molecule has 1 unspecified atom stereocenters. The van der Waals surface area contributed by atoms with Crippen molar-refractivity contribution in [1.82, 2.24) is 9.88 Å². The lowest BCUT2D eigenvalue weighted by Crippen LogP contribution is -2.38. The number of hydrogen-bond acceptors (Lipinski definition) is 4. The fourth-order valence-corrected chi connectivity index (χ4v) is 2.45. The van der Waals surface area contributed by atoms with Crippen molar-refractivity contribution in [1.29, 1.82) is 0 Å². The van der Waals surface area contributed by atoms with Crippen molar-refractivity contribution >= 4 is 17.2 Å². The number of amides is 1. The van der Waals surface area contributed by atoms with Crippen LogP contribution in [-0.2, 0) is 4.79 Å². The van der Waals surface area contributed by atoms with Crippen LogP contribution in [0.15, 0.2) is 11.6 Å². The topological polar surface area (TPSA) is 42.4 Å². The Balaban J connectivity index is 1.90. The van der Waals surface area contributed by atoms with Gasteiger partial charge in [0.25, 0.3) is 5.19 Å². The summed E-state index contributed by atoms with van der Waals surface area (Å²) in [6.07, 6.45) is 2.71. The SMILES string of the molecule is CC(C)(C)C(=O)N1CCC(Oc2nccs2)C1. The number of likely N-dealkylation sites (tertiary alicyclic amines) is 1. The molecule has 17 heavy (non-hydrogen) atoms. The van der Waals surface area contributed by atoms with Crippen molar-refractivity contribution in [3.8, 4) is 5.19 Å². The van der Waals surface area contributed by atoms with Gasteiger partial charge in [0.05, 0.1) is 6.54 Å². The van der Waals surface area contributed by atoms with Gasteiger partial charge < -0.3 is 9.64 Å². The van der Waals surface area contributed by atoms with Gasteiger partial charge in [-0.2, -0.15) is 0 Å². The molecule has 0 saturated carbocycles. The van der Waals surface area contributed by atoms with Crippen LogP contribution in [0.2, 0.25) is 0 Å². The molecule has 1 fully saturated rings. The van der Waals surface area contributed by atoms with Gasteiger partial charge in [-0.05, 0) is 0 Å². The highest BCUT2D eigenvalue weighted by Gasteiger charge is 2.33. The van der Waals surface area contributed by atoms with Gasteiger partial charge in [0.2, 0.25) is 5.91 Å². The van der Waals surface area contributed by atoms with Crippen molar-refractivity contribution in [3.05, 3.63) is 11.6 Å². The van der Waals surface area contributed by atoms with Crippen molar-refractivity contribution in [2.75, 3.05) is 13.1 Å². The Kier molecular flexibility index (Phi) is 3.38. The van der Waals surface area contributed by atoms with E-state index in [2.05, 4.69) is 4.98 Å². The van der Waals surface area contributed by atoms with Crippen LogP contribution >= 0.6 is 11.3 Å². The second kappa shape index (κ2) is 4.64. The van der Waals surface area contributed by atoms with Crippen molar-refractivity contribution in [3.63, 3.8) is 0 Å². The lowest BCUT2D eigenvalue weighted by atomic mass is 9.95. The average Bonchev–Trinajstić information content (AvgIpc) is 2.87. The Labute approximate surface area is 106 Å². The number of thiazole rings is 1. The Hall–Kier alpha value is -1.10. The van der Waals surface area contributed by atoms with E-state index in [0.717, 1.165) is 13.0 Å². The molecule has 1 atom stereocenters. The fourth-order valence-electron chi connectivity index (χ4n) is 1.89. The van der Waals surface area contributed by atoms with E-state index in [4.69, 9.17) is 4.74 Å². The van der Waals surface area contributed by atoms with Gasteiger partial charge in [-0.15, -0.1) is 0 Å². The lowest BCUT2D eigenvalue weighted by Gasteiger charge is -2.25. The second-order valence-corrected chi connectivity index (χ2v) is 6.18. The molecule has 0 aromatic carbocycles. The first-order chi connectivity index (χ1) is 7.97. The number of aromatic nitrogens is 1. The summed E-state index contributed by atoms with van der Waals surface area (Å²) in [4.78, 5) is 18.1. The Morgan fingerprint density at radius 1 is 1.59 bits per heavy atom. The molecule has 2 rings (SSSR count). The normalized spacial score (nSPS) is 20.6. The van der Waals surface area contributed by atoms with E-state index in [0.29, 0.717) is 11.7 Å². The van der Waals surface area contributed by atoms with Gasteiger partial charge >= 0.3 is 0 Å². The van der Waals surface area contributed by atoms with Crippen LogP contribution in [0.3, 0.4) is 0 Å². The molecule has 5 heteroatoms. The summed E-state index contributed by atoms with van der Waals surface area (Å²) in [6, 6.07) is 0. The van der Waals surface area contributed by atoms with E-state index in [1.165, 1.54) is 11.3 Å². The van der Waals surface area contributed by atoms with Crippen LogP contribution < -0.4 is 4.74 Å². The maximum Gasteiger partial charge on any atom is 0.273 e. The van der Waals surface area contributed by atoms with Gasteiger partial charge in [0, 0.05) is 30.0 Å². The van der Waals surface area contributed by atoms with Crippen LogP contribution in [0.25, 0.3) is 0 Å². The maximum absolute atomic E-state index is 12.1. The Bertz CT molecular complexity index is 384. The third kappa shape index (κ3) is 2.97. The molecular formula is C12H18N2O2S. The summed E-state index contributed by atoms with van der Waals surface area (Å²) in [6.45, 7) is 7.31. The monoisotopic (exact) mass is 254 g/mol. The van der Waals surface area contributed by atoms with E-state index in [9.17, 15) is 4.79 Å². The maximum atomic E-state index is 12.1. The number of nitrogens with zero attached hydrogens (tertiary/aromatic N) is 2. The van der Waals surface area contributed by atoms with E-state index in [1.54, 1.807) is 6.20 Å². The molecule has 1 aliphatic heterocycles. The van der Waals surface area contributed by atoms with Crippen molar-refractivity contribution < 1.29 is 9.53 Å². The summed E-state index contributed by atoms with van der Waals surface area (Å²) in [5.74, 6) is 0.197. The number of rotatable bonds is 2. The summed E-state index contributed by atoms with van der Waals surface area (Å²) < 4.78 is 5.72. The third-order valence-electron chi connectivity index (χ3n) is 2.75. The molecule has 2 heterocycles. The minimum absolute atomic E-state index is 0.0902. The standard InChI is InChI=1S/C12H18N2O2S/c1-12(2,3)10(15)14-6-4-9(8-14)16-11-13-5-7-17-11/h5,7,9H,4,6,8H2,1-3H3. The van der Waals surface area contributed by atoms with Gasteiger partial charge in [-0.25, -0.2) is 4.98 Å². The smallest absolute Gasteiger partial charge is 0.273 e. The van der Waals surface area contributed by atoms with Crippen LogP contribution in [0, 0.1) is 5.41 Å². The number of hydrogen-bond donors (Lipinski definition) is 0. The van der Waals surface area contributed by atoms with Crippen LogP contribution in [-0.4, -0.2) is 35.0 Å². The Morgan fingerprint density at radius 2 is 2.35 bits per heavy atom. The van der Waals surface area contributed by atoms with Crippen LogP contribution in [0.5, 0.6) is 5.19 Å². The average molecular weight is 254 g/mol. The molecule has 94 valence electrons. The molecule has 0 radical (unpaired) electrons. The first kappa shape index (κ1) is 12.4. The van der Waals surface area contributed by atoms with E-state index < -0.39 is 0 Å². The molecule has 0 spiro atoms. The molecule has 0 bridgehead atoms. The molecule has 1 saturated heterocycles. The third-order valence-corrected chi connectivity index (χ3v) is 3.41. The predicted octanol–water partition coefficient (Wildman–Crippen LogP) is 2.17. The predicted molar refractivity (Wildman–Crippen MR) is 67.2 cm³/mol. The quantitative estimate of drug-likeness (QED) is 0.812. The molecule has 0 aliphatic carbocycles. The fraction of sp³-hybridized carbons (Fsp3) is 0.667. The van der Waals surface area contributed by atoms with Gasteiger partial charge in [0.1, 0.15) is 6.10 Å². The number of carbonyl (C=O) groups excluding carboxylic acids is 1. The zero-order valence-electron chi connectivity index (χ0n) is 10.5. The molecule has 1 aliphatic rings. The summed E-state index contributed by atoms with van der Waals surface area (Å²) in [5, 5.41) is 2.59. The highest BCUT2D eigenvalue weighted by atomic mass is 32.1. The van der Waals surface area contributed by atoms with Crippen molar-refractivity contribution in [2.45, 2.75) is 33.3 Å². The first-order valence-corrected chi connectivity index (χ1v) is 6.70. The highest BCUT2D eigenvalue weighted by molar-refractivity contribution is 7.11. The summed E-state index contributed by atoms with van der Waals surface area (Å²) >= 11 is 1.49. The Morgan fingerprint density at radius 3 is 2.94 bits per heavy atom. The minimum atomic E-state index is -0.309. The van der Waals surface area contributed by atoms with Crippen molar-refractivity contribution in [2.24, 2.45) is 5.41 Å². The lowest BCUT2D eigenvalue weighted by molar-refractivity contribution is -0.138. The molecule has 0 N–H and O–H groups in total. The number of ether oxygens (including phenoxy) is 1. The highest BCUT2D eigenvalue weighted by Crippen LogP contribution is 2.24. The molecule has 4 nitrogen and oxygen atoms in total. The van der Waals surface area contributed by atoms with E-state index in [-0.39, 0.29) is 17.4 Å². The van der Waals surface area contributed by atoms with Gasteiger partial charge in [-0.1, -0.05) is 32.1 Å². The van der Waals surface area contributed by atoms with Crippen LogP contribution in [0.4, 0.5) is 0 Å². The first-order valence-electron chi connectivity index (χ1n) is 5.82. The van der Waals surface area contributed by atoms with E-state index in [1.807, 2.05) is 31.1 Å². The largest absolute Gasteiger partial charge is 0.465 e. The van der Waals surface area contributed by atoms with Gasteiger partial charge in [-0.3, -0.25) is 4.79 Å². The van der Waals surface area contributed by atoms with Crippen LogP contribution in [0.1, 0.15) is 27.2 Å².